The summed E-state index contributed by atoms with van der Waals surface area (Å²) in [6, 6.07) is 6.84. The van der Waals surface area contributed by atoms with Gasteiger partial charge in [0.2, 0.25) is 0 Å². The summed E-state index contributed by atoms with van der Waals surface area (Å²) in [5.41, 5.74) is -0.535. The average Bonchev–Trinajstić information content (AvgIpc) is 2.63. The highest BCUT2D eigenvalue weighted by Crippen LogP contribution is 2.43. The maximum absolute atomic E-state index is 12.5. The van der Waals surface area contributed by atoms with Crippen LogP contribution in [0, 0.1) is 0 Å². The number of ketones is 1. The number of aliphatic hydroxyl groups is 1. The van der Waals surface area contributed by atoms with Crippen LogP contribution < -0.4 is 4.74 Å². The van der Waals surface area contributed by atoms with Gasteiger partial charge in [0.05, 0.1) is 16.6 Å². The normalized spacial score (nSPS) is 29.7. The summed E-state index contributed by atoms with van der Waals surface area (Å²) in [7, 11) is 0. The number of Topliss-reactive ketones (excluding diaryl/α,β-unsaturated/α-hetero) is 1. The summed E-state index contributed by atoms with van der Waals surface area (Å²) in [5.74, 6) is 0.0763. The lowest BCUT2D eigenvalue weighted by Crippen LogP contribution is -2.52. The first-order valence-electron chi connectivity index (χ1n) is 7.35. The molecule has 0 saturated carbocycles. The third-order valence-corrected chi connectivity index (χ3v) is 4.51. The van der Waals surface area contributed by atoms with Gasteiger partial charge >= 0.3 is 0 Å². The van der Waals surface area contributed by atoms with Gasteiger partial charge in [-0.1, -0.05) is 18.2 Å². The van der Waals surface area contributed by atoms with E-state index in [1.165, 1.54) is 0 Å². The predicted octanol–water partition coefficient (Wildman–Crippen LogP) is 2.14. The van der Waals surface area contributed by atoms with Crippen LogP contribution in [-0.4, -0.2) is 39.2 Å². The molecule has 1 aromatic carbocycles. The second-order valence-electron chi connectivity index (χ2n) is 6.95. The molecule has 1 aromatic rings. The van der Waals surface area contributed by atoms with Crippen molar-refractivity contribution in [2.24, 2.45) is 0 Å². The summed E-state index contributed by atoms with van der Waals surface area (Å²) in [6.07, 6.45) is -0.340. The molecule has 0 saturated heterocycles. The molecular weight excluding hydrogens is 282 g/mol. The van der Waals surface area contributed by atoms with Crippen molar-refractivity contribution in [3.63, 3.8) is 0 Å². The number of carbonyl (C=O) groups excluding carboxylic acids is 1. The molecule has 22 heavy (non-hydrogen) atoms. The number of ether oxygens (including phenoxy) is 1. The van der Waals surface area contributed by atoms with Gasteiger partial charge in [0.15, 0.2) is 18.0 Å². The zero-order chi connectivity index (χ0) is 16.3. The molecule has 1 N–H and O–H groups in total. The van der Waals surface area contributed by atoms with E-state index in [4.69, 9.17) is 4.74 Å². The monoisotopic (exact) mass is 302 g/mol. The Labute approximate surface area is 129 Å². The van der Waals surface area contributed by atoms with Crippen LogP contribution in [0.2, 0.25) is 0 Å². The highest BCUT2D eigenvalue weighted by molar-refractivity contribution is 6.03. The number of hydroxylamine groups is 2. The molecular formula is C17H20NO4. The Bertz CT molecular complexity index is 662. The Morgan fingerprint density at radius 1 is 1.18 bits per heavy atom. The van der Waals surface area contributed by atoms with Crippen LogP contribution in [0.5, 0.6) is 5.75 Å². The van der Waals surface area contributed by atoms with E-state index in [0.717, 1.165) is 5.06 Å². The van der Waals surface area contributed by atoms with E-state index < -0.39 is 23.3 Å². The van der Waals surface area contributed by atoms with Crippen LogP contribution in [0.25, 0.3) is 0 Å². The number of nitrogens with zero attached hydrogens (tertiary/aromatic N) is 1. The molecule has 0 aromatic heterocycles. The zero-order valence-corrected chi connectivity index (χ0v) is 13.2. The van der Waals surface area contributed by atoms with E-state index in [9.17, 15) is 15.1 Å². The third-order valence-electron chi connectivity index (χ3n) is 4.51. The average molecular weight is 302 g/mol. The summed E-state index contributed by atoms with van der Waals surface area (Å²) >= 11 is 0. The molecule has 2 heterocycles. The summed E-state index contributed by atoms with van der Waals surface area (Å²) < 4.78 is 5.87. The van der Waals surface area contributed by atoms with Crippen molar-refractivity contribution in [1.29, 1.82) is 0 Å². The zero-order valence-electron chi connectivity index (χ0n) is 13.2. The fourth-order valence-electron chi connectivity index (χ4n) is 3.39. The van der Waals surface area contributed by atoms with E-state index in [1.807, 2.05) is 0 Å². The van der Waals surface area contributed by atoms with Gasteiger partial charge in [-0.25, -0.2) is 0 Å². The first-order valence-corrected chi connectivity index (χ1v) is 7.35. The molecule has 2 aliphatic rings. The second-order valence-corrected chi connectivity index (χ2v) is 6.95. The second kappa shape index (κ2) is 4.65. The standard InChI is InChI=1S/C17H20NO4/c1-16(2)9-11(17(3,4)18(16)21)15-14(20)13(19)10-7-5-6-8-12(10)22-15/h5-9,14-15,20H,1-4H3. The van der Waals surface area contributed by atoms with Crippen molar-refractivity contribution in [3.8, 4) is 5.75 Å². The number of para-hydroxylation sites is 1. The molecule has 0 aliphatic carbocycles. The van der Waals surface area contributed by atoms with Gasteiger partial charge in [-0.2, -0.15) is 0 Å². The number of hydrogen-bond donors (Lipinski definition) is 1. The number of hydrogen-bond acceptors (Lipinski definition) is 4. The van der Waals surface area contributed by atoms with Crippen molar-refractivity contribution < 1.29 is 19.8 Å². The molecule has 2 aliphatic heterocycles. The lowest BCUT2D eigenvalue weighted by Gasteiger charge is -2.38. The van der Waals surface area contributed by atoms with Gasteiger partial charge in [0.1, 0.15) is 5.75 Å². The van der Waals surface area contributed by atoms with Crippen molar-refractivity contribution in [2.75, 3.05) is 0 Å². The minimum absolute atomic E-state index is 0.370. The molecule has 1 radical (unpaired) electrons. The first kappa shape index (κ1) is 15.2. The van der Waals surface area contributed by atoms with Crippen LogP contribution in [0.15, 0.2) is 35.9 Å². The summed E-state index contributed by atoms with van der Waals surface area (Å²) in [4.78, 5) is 12.4. The highest BCUT2D eigenvalue weighted by Gasteiger charge is 2.52. The minimum atomic E-state index is -1.30. The largest absolute Gasteiger partial charge is 0.482 e. The van der Waals surface area contributed by atoms with Crippen molar-refractivity contribution >= 4 is 5.78 Å². The quantitative estimate of drug-likeness (QED) is 0.807. The molecule has 117 valence electrons. The number of aliphatic hydroxyl groups excluding tert-OH is 1. The number of carbonyl (C=O) groups is 1. The van der Waals surface area contributed by atoms with Crippen LogP contribution in [0.4, 0.5) is 0 Å². The summed E-state index contributed by atoms with van der Waals surface area (Å²) in [5, 5.41) is 23.9. The van der Waals surface area contributed by atoms with Gasteiger partial charge < -0.3 is 9.84 Å². The molecule has 2 atom stereocenters. The highest BCUT2D eigenvalue weighted by atomic mass is 16.5. The van der Waals surface area contributed by atoms with E-state index in [2.05, 4.69) is 0 Å². The van der Waals surface area contributed by atoms with E-state index in [0.29, 0.717) is 16.9 Å². The van der Waals surface area contributed by atoms with Crippen LogP contribution in [0.3, 0.4) is 0 Å². The molecule has 0 fully saturated rings. The Morgan fingerprint density at radius 3 is 2.41 bits per heavy atom. The van der Waals surface area contributed by atoms with E-state index >= 15 is 0 Å². The lowest BCUT2D eigenvalue weighted by atomic mass is 9.85. The Balaban J connectivity index is 2.05. The Kier molecular flexibility index (Phi) is 3.22. The van der Waals surface area contributed by atoms with Crippen molar-refractivity contribution in [1.82, 2.24) is 5.06 Å². The molecule has 3 rings (SSSR count). The lowest BCUT2D eigenvalue weighted by molar-refractivity contribution is -0.240. The Hall–Kier alpha value is -1.69. The van der Waals surface area contributed by atoms with Crippen LogP contribution >= 0.6 is 0 Å². The minimum Gasteiger partial charge on any atom is -0.482 e. The topological polar surface area (TPSA) is 69.7 Å². The molecule has 5 nitrogen and oxygen atoms in total. The smallest absolute Gasteiger partial charge is 0.199 e. The van der Waals surface area contributed by atoms with E-state index in [1.54, 1.807) is 58.0 Å². The predicted molar refractivity (Wildman–Crippen MR) is 80.0 cm³/mol. The Morgan fingerprint density at radius 2 is 1.82 bits per heavy atom. The van der Waals surface area contributed by atoms with Gasteiger partial charge in [-0.15, -0.1) is 10.3 Å². The number of fused-ring (bicyclic) bond motifs is 1. The van der Waals surface area contributed by atoms with Gasteiger partial charge in [0, 0.05) is 0 Å². The molecule has 0 amide bonds. The number of rotatable bonds is 1. The van der Waals surface area contributed by atoms with Crippen molar-refractivity contribution in [2.45, 2.75) is 51.0 Å². The maximum atomic E-state index is 12.5. The number of benzene rings is 1. The van der Waals surface area contributed by atoms with Crippen LogP contribution in [-0.2, 0) is 5.21 Å². The van der Waals surface area contributed by atoms with Gasteiger partial charge in [-0.05, 0) is 45.4 Å². The van der Waals surface area contributed by atoms with E-state index in [-0.39, 0.29) is 5.78 Å². The molecule has 0 bridgehead atoms. The van der Waals surface area contributed by atoms with Gasteiger partial charge in [0.25, 0.3) is 0 Å². The fourth-order valence-corrected chi connectivity index (χ4v) is 3.39. The maximum Gasteiger partial charge on any atom is 0.199 e. The van der Waals surface area contributed by atoms with Crippen molar-refractivity contribution in [3.05, 3.63) is 41.5 Å². The first-order chi connectivity index (χ1) is 10.2. The van der Waals surface area contributed by atoms with Gasteiger partial charge in [-0.3, -0.25) is 4.79 Å². The SMILES string of the molecule is CC1(C)C=C(C2Oc3ccccc3C(=O)C2O)C(C)(C)N1[O]. The van der Waals surface area contributed by atoms with Crippen LogP contribution in [0.1, 0.15) is 38.1 Å². The fraction of sp³-hybridized carbons (Fsp3) is 0.471. The molecule has 5 heteroatoms. The molecule has 0 spiro atoms. The third kappa shape index (κ3) is 2.00. The molecule has 2 unspecified atom stereocenters. The summed E-state index contributed by atoms with van der Waals surface area (Å²) in [6.45, 7) is 7.17.